The molecule has 0 aliphatic heterocycles. The van der Waals surface area contributed by atoms with E-state index in [1.807, 2.05) is 6.92 Å². The second-order valence-corrected chi connectivity index (χ2v) is 7.31. The second-order valence-electron chi connectivity index (χ2n) is 7.31. The molecule has 1 spiro atoms. The van der Waals surface area contributed by atoms with E-state index >= 15 is 0 Å². The highest BCUT2D eigenvalue weighted by atomic mass is 16.3. The molecule has 5 atom stereocenters. The molecule has 0 amide bonds. The lowest BCUT2D eigenvalue weighted by atomic mass is 9.61. The highest BCUT2D eigenvalue weighted by molar-refractivity contribution is 5.91. The van der Waals surface area contributed by atoms with Crippen molar-refractivity contribution in [2.45, 2.75) is 52.1 Å². The van der Waals surface area contributed by atoms with Crippen LogP contribution < -0.4 is 0 Å². The molecule has 0 heterocycles. The van der Waals surface area contributed by atoms with Gasteiger partial charge in [-0.3, -0.25) is 4.79 Å². The summed E-state index contributed by atoms with van der Waals surface area (Å²) >= 11 is 0. The van der Waals surface area contributed by atoms with Gasteiger partial charge in [-0.15, -0.1) is 0 Å². The average molecular weight is 234 g/mol. The summed E-state index contributed by atoms with van der Waals surface area (Å²) in [5.41, 5.74) is -0.286. The van der Waals surface area contributed by atoms with Crippen LogP contribution in [-0.4, -0.2) is 16.5 Å². The van der Waals surface area contributed by atoms with Gasteiger partial charge in [0, 0.05) is 6.42 Å². The number of carbonyl (C=O) groups excluding carboxylic acids is 1. The fourth-order valence-corrected chi connectivity index (χ4v) is 5.25. The zero-order chi connectivity index (χ0) is 12.5. The molecule has 5 unspecified atom stereocenters. The summed E-state index contributed by atoms with van der Waals surface area (Å²) in [4.78, 5) is 11.7. The third kappa shape index (κ3) is 1.46. The van der Waals surface area contributed by atoms with E-state index in [0.717, 1.165) is 19.3 Å². The van der Waals surface area contributed by atoms with Crippen LogP contribution in [-0.2, 0) is 4.79 Å². The van der Waals surface area contributed by atoms with Crippen molar-refractivity contribution in [2.75, 3.05) is 0 Å². The topological polar surface area (TPSA) is 37.3 Å². The predicted molar refractivity (Wildman–Crippen MR) is 66.4 cm³/mol. The lowest BCUT2D eigenvalue weighted by Gasteiger charge is -2.46. The molecule has 2 nitrogen and oxygen atoms in total. The van der Waals surface area contributed by atoms with Crippen molar-refractivity contribution < 1.29 is 9.90 Å². The number of ketones is 1. The summed E-state index contributed by atoms with van der Waals surface area (Å²) in [6.07, 6.45) is 7.42. The van der Waals surface area contributed by atoms with E-state index in [9.17, 15) is 9.90 Å². The molecule has 3 aliphatic carbocycles. The summed E-state index contributed by atoms with van der Waals surface area (Å²) < 4.78 is 0. The van der Waals surface area contributed by atoms with E-state index in [-0.39, 0.29) is 16.6 Å². The fourth-order valence-electron chi connectivity index (χ4n) is 5.25. The number of fused-ring (bicyclic) bond motifs is 1. The molecule has 1 N–H and O–H groups in total. The number of rotatable bonds is 0. The van der Waals surface area contributed by atoms with E-state index in [1.165, 1.54) is 0 Å². The largest absolute Gasteiger partial charge is 0.390 e. The molecule has 0 radical (unpaired) electrons. The highest BCUT2D eigenvalue weighted by Gasteiger charge is 2.63. The Morgan fingerprint density at radius 2 is 2.00 bits per heavy atom. The van der Waals surface area contributed by atoms with E-state index in [0.29, 0.717) is 18.3 Å². The molecule has 0 aromatic heterocycles. The zero-order valence-corrected chi connectivity index (χ0v) is 11.0. The monoisotopic (exact) mass is 234 g/mol. The number of hydrogen-bond acceptors (Lipinski definition) is 2. The van der Waals surface area contributed by atoms with Crippen LogP contribution >= 0.6 is 0 Å². The van der Waals surface area contributed by atoms with Gasteiger partial charge in [0.1, 0.15) is 0 Å². The Balaban J connectivity index is 2.10. The van der Waals surface area contributed by atoms with Gasteiger partial charge in [0.2, 0.25) is 0 Å². The summed E-state index contributed by atoms with van der Waals surface area (Å²) in [6, 6.07) is 0. The first-order valence-corrected chi connectivity index (χ1v) is 6.71. The van der Waals surface area contributed by atoms with Crippen LogP contribution in [0.3, 0.4) is 0 Å². The van der Waals surface area contributed by atoms with Crippen LogP contribution in [0.25, 0.3) is 0 Å². The van der Waals surface area contributed by atoms with Crippen molar-refractivity contribution in [1.29, 1.82) is 0 Å². The molecule has 17 heavy (non-hydrogen) atoms. The number of carbonyl (C=O) groups is 1. The summed E-state index contributed by atoms with van der Waals surface area (Å²) in [5, 5.41) is 10.5. The van der Waals surface area contributed by atoms with Crippen LogP contribution in [0.15, 0.2) is 12.2 Å². The van der Waals surface area contributed by atoms with Gasteiger partial charge in [-0.25, -0.2) is 0 Å². The molecule has 2 heteroatoms. The molecule has 0 saturated heterocycles. The van der Waals surface area contributed by atoms with Crippen LogP contribution in [0.5, 0.6) is 0 Å². The van der Waals surface area contributed by atoms with E-state index in [2.05, 4.69) is 19.9 Å². The minimum absolute atomic E-state index is 0.0871. The standard InChI is InChI=1S/C15H22O2/c1-10-12-6-11(16)4-5-15(12)8-13(10,2)7-14(3,17)9-15/h4-5,10,12,17H,6-9H2,1-3H3. The fraction of sp³-hybridized carbons (Fsp3) is 0.800. The van der Waals surface area contributed by atoms with Crippen molar-refractivity contribution in [3.8, 4) is 0 Å². The van der Waals surface area contributed by atoms with Gasteiger partial charge in [0.05, 0.1) is 5.60 Å². The molecule has 3 aliphatic rings. The number of allylic oxidation sites excluding steroid dienone is 2. The average Bonchev–Trinajstić information content (AvgIpc) is 2.32. The van der Waals surface area contributed by atoms with Gasteiger partial charge in [0.25, 0.3) is 0 Å². The maximum absolute atomic E-state index is 11.7. The molecular weight excluding hydrogens is 212 g/mol. The van der Waals surface area contributed by atoms with E-state index < -0.39 is 5.60 Å². The lowest BCUT2D eigenvalue weighted by Crippen LogP contribution is -2.43. The maximum Gasteiger partial charge on any atom is 0.155 e. The smallest absolute Gasteiger partial charge is 0.155 e. The molecule has 3 rings (SSSR count). The van der Waals surface area contributed by atoms with Crippen molar-refractivity contribution in [3.05, 3.63) is 12.2 Å². The van der Waals surface area contributed by atoms with Crippen molar-refractivity contribution in [3.63, 3.8) is 0 Å². The van der Waals surface area contributed by atoms with Gasteiger partial charge in [-0.1, -0.05) is 19.9 Å². The predicted octanol–water partition coefficient (Wildman–Crippen LogP) is 2.71. The van der Waals surface area contributed by atoms with Gasteiger partial charge >= 0.3 is 0 Å². The number of aliphatic hydroxyl groups is 1. The van der Waals surface area contributed by atoms with Crippen LogP contribution in [0.2, 0.25) is 0 Å². The summed E-state index contributed by atoms with van der Waals surface area (Å²) in [6.45, 7) is 6.54. The molecule has 0 aromatic rings. The van der Waals surface area contributed by atoms with Crippen LogP contribution in [0.4, 0.5) is 0 Å². The van der Waals surface area contributed by atoms with Gasteiger partial charge in [0.15, 0.2) is 5.78 Å². The number of hydrogen-bond donors (Lipinski definition) is 1. The minimum Gasteiger partial charge on any atom is -0.390 e. The third-order valence-corrected chi connectivity index (χ3v) is 5.69. The molecule has 2 bridgehead atoms. The van der Waals surface area contributed by atoms with Crippen molar-refractivity contribution in [1.82, 2.24) is 0 Å². The van der Waals surface area contributed by atoms with E-state index in [1.54, 1.807) is 6.08 Å². The summed E-state index contributed by atoms with van der Waals surface area (Å²) in [7, 11) is 0. The van der Waals surface area contributed by atoms with Gasteiger partial charge in [-0.2, -0.15) is 0 Å². The molecular formula is C15H22O2. The minimum atomic E-state index is -0.569. The molecule has 2 fully saturated rings. The van der Waals surface area contributed by atoms with Gasteiger partial charge < -0.3 is 5.11 Å². The quantitative estimate of drug-likeness (QED) is 0.699. The summed E-state index contributed by atoms with van der Waals surface area (Å²) in [5.74, 6) is 1.24. The molecule has 94 valence electrons. The first kappa shape index (κ1) is 11.5. The Kier molecular flexibility index (Phi) is 2.04. The Hall–Kier alpha value is -0.630. The Bertz CT molecular complexity index is 405. The Morgan fingerprint density at radius 3 is 2.71 bits per heavy atom. The first-order chi connectivity index (χ1) is 7.77. The molecule has 2 saturated carbocycles. The van der Waals surface area contributed by atoms with Crippen LogP contribution in [0.1, 0.15) is 46.5 Å². The lowest BCUT2D eigenvalue weighted by molar-refractivity contribution is -0.117. The van der Waals surface area contributed by atoms with Crippen molar-refractivity contribution in [2.24, 2.45) is 22.7 Å². The Labute approximate surface area is 103 Å². The first-order valence-electron chi connectivity index (χ1n) is 6.71. The van der Waals surface area contributed by atoms with Crippen molar-refractivity contribution >= 4 is 5.78 Å². The van der Waals surface area contributed by atoms with Crippen LogP contribution in [0, 0.1) is 22.7 Å². The molecule has 0 aromatic carbocycles. The van der Waals surface area contributed by atoms with E-state index in [4.69, 9.17) is 0 Å². The third-order valence-electron chi connectivity index (χ3n) is 5.69. The second kappa shape index (κ2) is 3.03. The maximum atomic E-state index is 11.7. The zero-order valence-electron chi connectivity index (χ0n) is 11.0. The SMILES string of the molecule is CC1C2CC(=O)C=CC23CC(C)(O)CC1(C)C3. The Morgan fingerprint density at radius 1 is 1.29 bits per heavy atom. The highest BCUT2D eigenvalue weighted by Crippen LogP contribution is 2.68. The normalized spacial score (nSPS) is 57.1. The van der Waals surface area contributed by atoms with Gasteiger partial charge in [-0.05, 0) is 54.9 Å².